The first-order valence-corrected chi connectivity index (χ1v) is 3.52. The van der Waals surface area contributed by atoms with Crippen molar-refractivity contribution in [1.29, 1.82) is 0 Å². The highest BCUT2D eigenvalue weighted by Crippen LogP contribution is 2.06. The van der Waals surface area contributed by atoms with Crippen LogP contribution >= 0.6 is 0 Å². The quantitative estimate of drug-likeness (QED) is 0.623. The smallest absolute Gasteiger partial charge is 0.408 e. The van der Waals surface area contributed by atoms with E-state index in [0.29, 0.717) is 0 Å². The van der Waals surface area contributed by atoms with E-state index < -0.39 is 17.9 Å². The zero-order chi connectivity index (χ0) is 9.07. The molecule has 0 aromatic heterocycles. The van der Waals surface area contributed by atoms with Crippen LogP contribution in [0.1, 0.15) is 27.7 Å². The minimum Gasteiger partial charge on any atom is -0.444 e. The molecule has 1 amide bonds. The number of carbonyl (C=O) groups is 1. The molecule has 1 atom stereocenters. The Morgan fingerprint density at radius 3 is 2.27 bits per heavy atom. The van der Waals surface area contributed by atoms with Crippen molar-refractivity contribution in [2.24, 2.45) is 0 Å². The molecule has 0 aliphatic carbocycles. The molecule has 0 rings (SSSR count). The molecule has 0 aliphatic heterocycles. The Hall–Kier alpha value is -0.770. The van der Waals surface area contributed by atoms with Gasteiger partial charge in [0.15, 0.2) is 0 Å². The summed E-state index contributed by atoms with van der Waals surface area (Å²) >= 11 is 0. The summed E-state index contributed by atoms with van der Waals surface area (Å²) in [7, 11) is 0. The van der Waals surface area contributed by atoms with Gasteiger partial charge in [-0.1, -0.05) is 0 Å². The molecule has 4 heteroatoms. The zero-order valence-electron chi connectivity index (χ0n) is 7.39. The number of carbonyl (C=O) groups excluding carboxylic acids is 1. The lowest BCUT2D eigenvalue weighted by molar-refractivity contribution is 0.0508. The molecule has 1 unspecified atom stereocenters. The van der Waals surface area contributed by atoms with E-state index in [1.807, 2.05) is 0 Å². The Morgan fingerprint density at radius 1 is 1.55 bits per heavy atom. The van der Waals surface area contributed by atoms with E-state index in [1.165, 1.54) is 0 Å². The van der Waals surface area contributed by atoms with Gasteiger partial charge in [0.05, 0.1) is 6.17 Å². The second kappa shape index (κ2) is 3.57. The second-order valence-electron chi connectivity index (χ2n) is 3.37. The summed E-state index contributed by atoms with van der Waals surface area (Å²) in [6.07, 6.45) is -1.16. The van der Waals surface area contributed by atoms with Crippen molar-refractivity contribution in [1.82, 2.24) is 11.1 Å². The van der Waals surface area contributed by atoms with Crippen LogP contribution in [0.4, 0.5) is 4.79 Å². The number of alkyl carbamates (subject to hydrolysis) is 1. The van der Waals surface area contributed by atoms with Gasteiger partial charge in [0.1, 0.15) is 5.60 Å². The van der Waals surface area contributed by atoms with Crippen LogP contribution in [0.2, 0.25) is 0 Å². The van der Waals surface area contributed by atoms with E-state index >= 15 is 0 Å². The Kier molecular flexibility index (Phi) is 3.32. The van der Waals surface area contributed by atoms with Crippen molar-refractivity contribution < 1.29 is 9.53 Å². The van der Waals surface area contributed by atoms with Crippen LogP contribution < -0.4 is 11.1 Å². The SMILES string of the molecule is CC([NH])NC(=O)OC(C)(C)C. The van der Waals surface area contributed by atoms with Crippen LogP contribution in [-0.4, -0.2) is 17.9 Å². The predicted octanol–water partition coefficient (Wildman–Crippen LogP) is 1.14. The van der Waals surface area contributed by atoms with Gasteiger partial charge in [-0.05, 0) is 27.7 Å². The molecule has 11 heavy (non-hydrogen) atoms. The van der Waals surface area contributed by atoms with Gasteiger partial charge in [-0.3, -0.25) is 0 Å². The number of amides is 1. The van der Waals surface area contributed by atoms with Crippen molar-refractivity contribution in [3.05, 3.63) is 0 Å². The van der Waals surface area contributed by atoms with Gasteiger partial charge < -0.3 is 10.1 Å². The highest BCUT2D eigenvalue weighted by Gasteiger charge is 2.16. The van der Waals surface area contributed by atoms with Gasteiger partial charge >= 0.3 is 6.09 Å². The van der Waals surface area contributed by atoms with E-state index in [1.54, 1.807) is 27.7 Å². The maximum absolute atomic E-state index is 10.8. The first-order valence-electron chi connectivity index (χ1n) is 3.52. The molecule has 0 heterocycles. The van der Waals surface area contributed by atoms with Crippen molar-refractivity contribution >= 4 is 6.09 Å². The molecule has 0 aromatic carbocycles. The first kappa shape index (κ1) is 10.2. The van der Waals surface area contributed by atoms with Crippen molar-refractivity contribution in [2.45, 2.75) is 39.5 Å². The molecule has 0 spiro atoms. The van der Waals surface area contributed by atoms with Gasteiger partial charge in [0.2, 0.25) is 0 Å². The Morgan fingerprint density at radius 2 is 2.00 bits per heavy atom. The Labute approximate surface area is 67.1 Å². The largest absolute Gasteiger partial charge is 0.444 e. The van der Waals surface area contributed by atoms with Crippen molar-refractivity contribution in [3.63, 3.8) is 0 Å². The minimum absolute atomic E-state index is 0.487. The average Bonchev–Trinajstić information content (AvgIpc) is 1.53. The van der Waals surface area contributed by atoms with Gasteiger partial charge in [0, 0.05) is 0 Å². The number of hydrogen-bond donors (Lipinski definition) is 1. The standard InChI is InChI=1S/C7H15N2O2/c1-5(8)9-6(10)11-7(2,3)4/h5,8H,1-4H3,(H,9,10). The summed E-state index contributed by atoms with van der Waals surface area (Å²) in [5, 5.41) is 2.30. The van der Waals surface area contributed by atoms with Crippen molar-refractivity contribution in [2.75, 3.05) is 0 Å². The molecule has 0 saturated carbocycles. The number of nitrogens with one attached hydrogen (secondary N) is 2. The summed E-state index contributed by atoms with van der Waals surface area (Å²) in [6, 6.07) is 0. The number of ether oxygens (including phenoxy) is 1. The summed E-state index contributed by atoms with van der Waals surface area (Å²) in [6.45, 7) is 6.90. The van der Waals surface area contributed by atoms with Gasteiger partial charge in [-0.25, -0.2) is 10.5 Å². The van der Waals surface area contributed by atoms with E-state index in [-0.39, 0.29) is 0 Å². The molecule has 0 aliphatic rings. The summed E-state index contributed by atoms with van der Waals surface area (Å²) in [5.74, 6) is 0. The van der Waals surface area contributed by atoms with Crippen LogP contribution in [0.25, 0.3) is 0 Å². The Bertz CT molecular complexity index is 138. The molecule has 0 aromatic rings. The van der Waals surface area contributed by atoms with Crippen molar-refractivity contribution in [3.8, 4) is 0 Å². The number of hydrogen-bond acceptors (Lipinski definition) is 2. The third-order valence-corrected chi connectivity index (χ3v) is 0.733. The molecule has 2 N–H and O–H groups in total. The lowest BCUT2D eigenvalue weighted by Gasteiger charge is -2.20. The monoisotopic (exact) mass is 159 g/mol. The third kappa shape index (κ3) is 7.12. The Balaban J connectivity index is 3.71. The molecule has 4 nitrogen and oxygen atoms in total. The third-order valence-electron chi connectivity index (χ3n) is 0.733. The highest BCUT2D eigenvalue weighted by atomic mass is 16.6. The van der Waals surface area contributed by atoms with E-state index in [4.69, 9.17) is 10.5 Å². The maximum atomic E-state index is 10.8. The summed E-state index contributed by atoms with van der Waals surface area (Å²) < 4.78 is 4.88. The average molecular weight is 159 g/mol. The highest BCUT2D eigenvalue weighted by molar-refractivity contribution is 5.67. The fourth-order valence-electron chi connectivity index (χ4n) is 0.484. The maximum Gasteiger partial charge on any atom is 0.408 e. The lowest BCUT2D eigenvalue weighted by Crippen LogP contribution is -2.38. The fraction of sp³-hybridized carbons (Fsp3) is 0.857. The normalized spacial score (nSPS) is 13.9. The molecule has 65 valence electrons. The van der Waals surface area contributed by atoms with Crippen LogP contribution in [-0.2, 0) is 4.74 Å². The minimum atomic E-state index is -0.621. The molecule has 0 bridgehead atoms. The molecular formula is C7H15N2O2. The molecule has 0 saturated heterocycles. The topological polar surface area (TPSA) is 62.1 Å². The van der Waals surface area contributed by atoms with Crippen LogP contribution in [0.3, 0.4) is 0 Å². The van der Waals surface area contributed by atoms with Crippen LogP contribution in [0, 0.1) is 0 Å². The molecule has 0 fully saturated rings. The predicted molar refractivity (Wildman–Crippen MR) is 41.9 cm³/mol. The summed E-state index contributed by atoms with van der Waals surface area (Å²) in [4.78, 5) is 10.8. The second-order valence-corrected chi connectivity index (χ2v) is 3.37. The van der Waals surface area contributed by atoms with Crippen LogP contribution in [0.5, 0.6) is 0 Å². The summed E-state index contributed by atoms with van der Waals surface area (Å²) in [5.41, 5.74) is 6.52. The van der Waals surface area contributed by atoms with Gasteiger partial charge in [-0.2, -0.15) is 0 Å². The molecular weight excluding hydrogens is 144 g/mol. The first-order chi connectivity index (χ1) is 4.81. The molecule has 1 radical (unpaired) electrons. The lowest BCUT2D eigenvalue weighted by atomic mass is 10.2. The van der Waals surface area contributed by atoms with Gasteiger partial charge in [0.25, 0.3) is 0 Å². The zero-order valence-corrected chi connectivity index (χ0v) is 7.39. The number of rotatable bonds is 1. The van der Waals surface area contributed by atoms with E-state index in [2.05, 4.69) is 5.32 Å². The van der Waals surface area contributed by atoms with E-state index in [9.17, 15) is 4.79 Å². The fourth-order valence-corrected chi connectivity index (χ4v) is 0.484. The van der Waals surface area contributed by atoms with Gasteiger partial charge in [-0.15, -0.1) is 0 Å². The van der Waals surface area contributed by atoms with Crippen LogP contribution in [0.15, 0.2) is 0 Å². The van der Waals surface area contributed by atoms with E-state index in [0.717, 1.165) is 0 Å².